The molecular weight excluding hydrogens is 220 g/mol. The third kappa shape index (κ3) is 1.88. The molecule has 0 aliphatic rings. The van der Waals surface area contributed by atoms with Crippen LogP contribution >= 0.6 is 11.3 Å². The SMILES string of the molecule is COc1cc(C)cc(C)c1-c1cnc(N)s1. The molecule has 1 aromatic heterocycles. The number of rotatable bonds is 2. The zero-order chi connectivity index (χ0) is 11.7. The lowest BCUT2D eigenvalue weighted by molar-refractivity contribution is 0.416. The van der Waals surface area contributed by atoms with Gasteiger partial charge in [-0.1, -0.05) is 17.4 Å². The van der Waals surface area contributed by atoms with E-state index in [1.54, 1.807) is 13.3 Å². The number of ether oxygens (including phenoxy) is 1. The minimum atomic E-state index is 0.581. The summed E-state index contributed by atoms with van der Waals surface area (Å²) < 4.78 is 5.41. The molecule has 2 rings (SSSR count). The summed E-state index contributed by atoms with van der Waals surface area (Å²) in [5.74, 6) is 0.876. The Balaban J connectivity index is 2.63. The van der Waals surface area contributed by atoms with Crippen LogP contribution in [0, 0.1) is 13.8 Å². The highest BCUT2D eigenvalue weighted by molar-refractivity contribution is 7.18. The van der Waals surface area contributed by atoms with Gasteiger partial charge in [-0.15, -0.1) is 0 Å². The first-order chi connectivity index (χ1) is 7.61. The van der Waals surface area contributed by atoms with Crippen LogP contribution < -0.4 is 10.5 Å². The molecule has 0 fully saturated rings. The molecule has 0 amide bonds. The molecule has 0 spiro atoms. The minimum absolute atomic E-state index is 0.581. The van der Waals surface area contributed by atoms with Crippen molar-refractivity contribution in [2.45, 2.75) is 13.8 Å². The summed E-state index contributed by atoms with van der Waals surface area (Å²) in [6.07, 6.45) is 1.79. The number of thiazole rings is 1. The van der Waals surface area contributed by atoms with Crippen LogP contribution in [0.2, 0.25) is 0 Å². The van der Waals surface area contributed by atoms with Crippen LogP contribution in [0.25, 0.3) is 10.4 Å². The molecule has 1 aromatic carbocycles. The van der Waals surface area contributed by atoms with E-state index in [0.29, 0.717) is 5.13 Å². The van der Waals surface area contributed by atoms with Crippen molar-refractivity contribution in [1.29, 1.82) is 0 Å². The average Bonchev–Trinajstić information content (AvgIpc) is 2.63. The van der Waals surface area contributed by atoms with Crippen molar-refractivity contribution < 1.29 is 4.74 Å². The van der Waals surface area contributed by atoms with E-state index in [9.17, 15) is 0 Å². The lowest BCUT2D eigenvalue weighted by Crippen LogP contribution is -1.91. The number of nitrogens with zero attached hydrogens (tertiary/aromatic N) is 1. The summed E-state index contributed by atoms with van der Waals surface area (Å²) in [5.41, 5.74) is 9.11. The molecular formula is C12H14N2OS. The first kappa shape index (κ1) is 11.0. The Morgan fingerprint density at radius 2 is 2.06 bits per heavy atom. The van der Waals surface area contributed by atoms with E-state index in [4.69, 9.17) is 10.5 Å². The molecule has 0 atom stereocenters. The van der Waals surface area contributed by atoms with Gasteiger partial charge in [0.2, 0.25) is 0 Å². The van der Waals surface area contributed by atoms with Gasteiger partial charge in [-0.3, -0.25) is 0 Å². The number of nitrogens with two attached hydrogens (primary N) is 1. The highest BCUT2D eigenvalue weighted by Crippen LogP contribution is 2.37. The topological polar surface area (TPSA) is 48.1 Å². The van der Waals surface area contributed by atoms with E-state index >= 15 is 0 Å². The highest BCUT2D eigenvalue weighted by atomic mass is 32.1. The summed E-state index contributed by atoms with van der Waals surface area (Å²) >= 11 is 1.48. The molecule has 3 nitrogen and oxygen atoms in total. The van der Waals surface area contributed by atoms with Crippen LogP contribution in [0.4, 0.5) is 5.13 Å². The van der Waals surface area contributed by atoms with Gasteiger partial charge >= 0.3 is 0 Å². The maximum atomic E-state index is 5.65. The summed E-state index contributed by atoms with van der Waals surface area (Å²) in [5, 5.41) is 0.581. The number of hydrogen-bond acceptors (Lipinski definition) is 4. The molecule has 84 valence electrons. The third-order valence-corrected chi connectivity index (χ3v) is 3.28. The summed E-state index contributed by atoms with van der Waals surface area (Å²) in [6, 6.07) is 4.16. The van der Waals surface area contributed by atoms with Crippen molar-refractivity contribution in [1.82, 2.24) is 4.98 Å². The van der Waals surface area contributed by atoms with Gasteiger partial charge in [0.15, 0.2) is 5.13 Å². The molecule has 0 saturated heterocycles. The number of benzene rings is 1. The van der Waals surface area contributed by atoms with Crippen LogP contribution in [-0.4, -0.2) is 12.1 Å². The quantitative estimate of drug-likeness (QED) is 0.869. The Morgan fingerprint density at radius 1 is 1.31 bits per heavy atom. The predicted octanol–water partition coefficient (Wildman–Crippen LogP) is 3.02. The fourth-order valence-corrected chi connectivity index (χ4v) is 2.61. The van der Waals surface area contributed by atoms with Crippen molar-refractivity contribution in [2.24, 2.45) is 0 Å². The molecule has 0 bridgehead atoms. The van der Waals surface area contributed by atoms with Crippen molar-refractivity contribution in [2.75, 3.05) is 12.8 Å². The van der Waals surface area contributed by atoms with Gasteiger partial charge in [-0.2, -0.15) is 0 Å². The number of aromatic nitrogens is 1. The molecule has 1 heterocycles. The normalized spacial score (nSPS) is 10.4. The summed E-state index contributed by atoms with van der Waals surface area (Å²) in [6.45, 7) is 4.13. The van der Waals surface area contributed by atoms with Gasteiger partial charge in [-0.25, -0.2) is 4.98 Å². The van der Waals surface area contributed by atoms with Gasteiger partial charge in [0.25, 0.3) is 0 Å². The van der Waals surface area contributed by atoms with Gasteiger partial charge < -0.3 is 10.5 Å². The second-order valence-corrected chi connectivity index (χ2v) is 4.78. The number of aryl methyl sites for hydroxylation is 2. The summed E-state index contributed by atoms with van der Waals surface area (Å²) in [4.78, 5) is 5.12. The molecule has 0 saturated carbocycles. The Morgan fingerprint density at radius 3 is 2.62 bits per heavy atom. The summed E-state index contributed by atoms with van der Waals surface area (Å²) in [7, 11) is 1.68. The molecule has 16 heavy (non-hydrogen) atoms. The van der Waals surface area contributed by atoms with E-state index in [2.05, 4.69) is 24.9 Å². The van der Waals surface area contributed by atoms with Gasteiger partial charge in [0.1, 0.15) is 5.75 Å². The second kappa shape index (κ2) is 4.14. The number of methoxy groups -OCH3 is 1. The zero-order valence-corrected chi connectivity index (χ0v) is 10.4. The van der Waals surface area contributed by atoms with Gasteiger partial charge in [0, 0.05) is 11.8 Å². The number of anilines is 1. The molecule has 4 heteroatoms. The smallest absolute Gasteiger partial charge is 0.180 e. The third-order valence-electron chi connectivity index (χ3n) is 2.43. The van der Waals surface area contributed by atoms with Gasteiger partial charge in [-0.05, 0) is 31.0 Å². The fourth-order valence-electron chi connectivity index (χ4n) is 1.81. The maximum Gasteiger partial charge on any atom is 0.180 e. The molecule has 0 unspecified atom stereocenters. The second-order valence-electron chi connectivity index (χ2n) is 3.72. The monoisotopic (exact) mass is 234 g/mol. The molecule has 2 aromatic rings. The molecule has 0 aliphatic carbocycles. The maximum absolute atomic E-state index is 5.65. The van der Waals surface area contributed by atoms with Crippen molar-refractivity contribution in [3.05, 3.63) is 29.5 Å². The standard InChI is InChI=1S/C12H14N2OS/c1-7-4-8(2)11(9(5-7)15-3)10-6-14-12(13)16-10/h4-6H,1-3H3,(H2,13,14). The Labute approximate surface area is 98.9 Å². The lowest BCUT2D eigenvalue weighted by Gasteiger charge is -2.10. The van der Waals surface area contributed by atoms with E-state index in [1.807, 2.05) is 6.07 Å². The first-order valence-corrected chi connectivity index (χ1v) is 5.80. The van der Waals surface area contributed by atoms with Crippen LogP contribution in [0.15, 0.2) is 18.3 Å². The predicted molar refractivity (Wildman–Crippen MR) is 68.0 cm³/mol. The van der Waals surface area contributed by atoms with Crippen molar-refractivity contribution in [3.8, 4) is 16.2 Å². The first-order valence-electron chi connectivity index (χ1n) is 4.98. The van der Waals surface area contributed by atoms with E-state index in [-0.39, 0.29) is 0 Å². The van der Waals surface area contributed by atoms with Crippen LogP contribution in [0.1, 0.15) is 11.1 Å². The van der Waals surface area contributed by atoms with Crippen molar-refractivity contribution >= 4 is 16.5 Å². The minimum Gasteiger partial charge on any atom is -0.496 e. The average molecular weight is 234 g/mol. The largest absolute Gasteiger partial charge is 0.496 e. The number of nitrogen functional groups attached to an aromatic ring is 1. The molecule has 0 aliphatic heterocycles. The zero-order valence-electron chi connectivity index (χ0n) is 9.57. The van der Waals surface area contributed by atoms with Gasteiger partial charge in [0.05, 0.1) is 12.0 Å². The Bertz CT molecular complexity index is 520. The van der Waals surface area contributed by atoms with Crippen LogP contribution in [0.3, 0.4) is 0 Å². The van der Waals surface area contributed by atoms with Crippen molar-refractivity contribution in [3.63, 3.8) is 0 Å². The Kier molecular flexibility index (Phi) is 2.83. The molecule has 0 radical (unpaired) electrons. The van der Waals surface area contributed by atoms with Crippen LogP contribution in [-0.2, 0) is 0 Å². The lowest BCUT2D eigenvalue weighted by atomic mass is 10.0. The fraction of sp³-hybridized carbons (Fsp3) is 0.250. The van der Waals surface area contributed by atoms with E-state index in [0.717, 1.165) is 16.2 Å². The highest BCUT2D eigenvalue weighted by Gasteiger charge is 2.12. The molecule has 2 N–H and O–H groups in total. The van der Waals surface area contributed by atoms with Crippen LogP contribution in [0.5, 0.6) is 5.75 Å². The van der Waals surface area contributed by atoms with E-state index < -0.39 is 0 Å². The number of hydrogen-bond donors (Lipinski definition) is 1. The Hall–Kier alpha value is -1.55. The van der Waals surface area contributed by atoms with E-state index in [1.165, 1.54) is 22.5 Å².